The molecule has 1 saturated heterocycles. The fraction of sp³-hybridized carbons (Fsp3) is 0.600. The van der Waals surface area contributed by atoms with E-state index in [2.05, 4.69) is 5.32 Å². The zero-order valence-corrected chi connectivity index (χ0v) is 6.80. The molecule has 62 valence electrons. The molecule has 0 saturated carbocycles. The maximum Gasteiger partial charge on any atom is 0.150 e. The van der Waals surface area contributed by atoms with E-state index in [1.807, 2.05) is 5.40 Å². The molecule has 0 aliphatic carbocycles. The highest BCUT2D eigenvalue weighted by Gasteiger charge is 2.20. The lowest BCUT2D eigenvalue weighted by molar-refractivity contribution is -0.109. The molecule has 1 aliphatic heterocycles. The summed E-state index contributed by atoms with van der Waals surface area (Å²) < 4.78 is 1.80. The van der Waals surface area contributed by atoms with Crippen molar-refractivity contribution in [3.05, 3.63) is 0 Å². The summed E-state index contributed by atoms with van der Waals surface area (Å²) in [6, 6.07) is -0.0964. The summed E-state index contributed by atoms with van der Waals surface area (Å²) in [5.41, 5.74) is 0. The maximum atomic E-state index is 10.2. The lowest BCUT2D eigenvalue weighted by atomic mass is 10.4. The molecule has 0 amide bonds. The molecule has 0 bridgehead atoms. The van der Waals surface area contributed by atoms with E-state index in [0.29, 0.717) is 13.2 Å². The second-order valence-electron chi connectivity index (χ2n) is 1.95. The molecular weight excluding hydrogens is 164 g/mol. The van der Waals surface area contributed by atoms with Crippen molar-refractivity contribution in [1.29, 1.82) is 5.26 Å². The fourth-order valence-electron chi connectivity index (χ4n) is 0.786. The standard InChI is InChI=1S/C5H7N3OS.H3N/c6-3-10-8-1-5(2-9)7-4-8;/h2,5,7H,1,4H2;1H3. The average molecular weight is 174 g/mol. The highest BCUT2D eigenvalue weighted by atomic mass is 32.2. The third-order valence-corrected chi connectivity index (χ3v) is 1.88. The molecule has 1 heterocycles. The van der Waals surface area contributed by atoms with Crippen molar-refractivity contribution in [3.63, 3.8) is 0 Å². The minimum absolute atomic E-state index is 0. The van der Waals surface area contributed by atoms with Crippen LogP contribution in [0.15, 0.2) is 0 Å². The number of carbonyl (C=O) groups excluding carboxylic acids is 1. The molecule has 1 aliphatic rings. The smallest absolute Gasteiger partial charge is 0.150 e. The van der Waals surface area contributed by atoms with Gasteiger partial charge in [-0.15, -0.1) is 0 Å². The summed E-state index contributed by atoms with van der Waals surface area (Å²) >= 11 is 1.08. The molecule has 1 unspecified atom stereocenters. The molecule has 0 aromatic carbocycles. The van der Waals surface area contributed by atoms with Crippen LogP contribution in [0, 0.1) is 10.7 Å². The van der Waals surface area contributed by atoms with Crippen molar-refractivity contribution in [2.24, 2.45) is 0 Å². The van der Waals surface area contributed by atoms with Gasteiger partial charge in [0, 0.05) is 18.5 Å². The molecule has 1 rings (SSSR count). The predicted octanol–water partition coefficient (Wildman–Crippen LogP) is -0.292. The highest BCUT2D eigenvalue weighted by molar-refractivity contribution is 8.01. The van der Waals surface area contributed by atoms with Crippen LogP contribution in [0.2, 0.25) is 0 Å². The van der Waals surface area contributed by atoms with Crippen molar-refractivity contribution in [1.82, 2.24) is 15.8 Å². The zero-order chi connectivity index (χ0) is 7.40. The SMILES string of the molecule is N.N#CSN1CNC(C=O)C1. The van der Waals surface area contributed by atoms with Crippen LogP contribution in [0.25, 0.3) is 0 Å². The van der Waals surface area contributed by atoms with Crippen LogP contribution in [0.4, 0.5) is 0 Å². The lowest BCUT2D eigenvalue weighted by Gasteiger charge is -2.03. The number of carbonyl (C=O) groups is 1. The lowest BCUT2D eigenvalue weighted by Crippen LogP contribution is -2.24. The average Bonchev–Trinajstić information content (AvgIpc) is 2.37. The van der Waals surface area contributed by atoms with Crippen LogP contribution in [0.3, 0.4) is 0 Å². The van der Waals surface area contributed by atoms with E-state index in [1.54, 1.807) is 4.31 Å². The van der Waals surface area contributed by atoms with Gasteiger partial charge < -0.3 is 10.9 Å². The number of thiocyanates is 1. The molecule has 4 N–H and O–H groups in total. The van der Waals surface area contributed by atoms with Crippen LogP contribution in [0.1, 0.15) is 0 Å². The molecule has 1 fully saturated rings. The number of rotatable bonds is 2. The second-order valence-corrected chi connectivity index (χ2v) is 2.83. The normalized spacial score (nSPS) is 23.7. The van der Waals surface area contributed by atoms with E-state index in [1.165, 1.54) is 0 Å². The molecule has 5 nitrogen and oxygen atoms in total. The molecular formula is C5H10N4OS. The molecule has 6 heteroatoms. The second kappa shape index (κ2) is 5.09. The van der Waals surface area contributed by atoms with E-state index >= 15 is 0 Å². The van der Waals surface area contributed by atoms with Gasteiger partial charge in [0.1, 0.15) is 11.7 Å². The topological polar surface area (TPSA) is 91.1 Å². The number of nitrogens with zero attached hydrogens (tertiary/aromatic N) is 2. The summed E-state index contributed by atoms with van der Waals surface area (Å²) in [7, 11) is 0. The Labute approximate surface area is 69.5 Å². The van der Waals surface area contributed by atoms with Crippen molar-refractivity contribution in [2.45, 2.75) is 6.04 Å². The van der Waals surface area contributed by atoms with Gasteiger partial charge in [0.25, 0.3) is 0 Å². The van der Waals surface area contributed by atoms with Crippen molar-refractivity contribution < 1.29 is 4.79 Å². The number of hydrogen-bond donors (Lipinski definition) is 2. The van der Waals surface area contributed by atoms with E-state index in [-0.39, 0.29) is 12.2 Å². The van der Waals surface area contributed by atoms with Crippen molar-refractivity contribution in [2.75, 3.05) is 13.2 Å². The van der Waals surface area contributed by atoms with Crippen LogP contribution >= 0.6 is 11.9 Å². The minimum Gasteiger partial charge on any atom is -0.344 e. The van der Waals surface area contributed by atoms with Gasteiger partial charge in [0.2, 0.25) is 0 Å². The maximum absolute atomic E-state index is 10.2. The van der Waals surface area contributed by atoms with Gasteiger partial charge in [-0.3, -0.25) is 5.32 Å². The quantitative estimate of drug-likeness (QED) is 0.339. The van der Waals surface area contributed by atoms with Crippen molar-refractivity contribution in [3.8, 4) is 5.40 Å². The van der Waals surface area contributed by atoms with Gasteiger partial charge in [-0.25, -0.2) is 4.31 Å². The van der Waals surface area contributed by atoms with E-state index in [4.69, 9.17) is 5.26 Å². The molecule has 0 aromatic rings. The van der Waals surface area contributed by atoms with E-state index in [0.717, 1.165) is 18.2 Å². The predicted molar refractivity (Wildman–Crippen MR) is 42.8 cm³/mol. The fourth-order valence-corrected chi connectivity index (χ4v) is 1.28. The molecule has 0 aromatic heterocycles. The Balaban J connectivity index is 0.000001000. The van der Waals surface area contributed by atoms with Gasteiger partial charge in [-0.05, 0) is 0 Å². The summed E-state index contributed by atoms with van der Waals surface area (Å²) in [4.78, 5) is 10.2. The third-order valence-electron chi connectivity index (χ3n) is 1.26. The van der Waals surface area contributed by atoms with Crippen LogP contribution in [0.5, 0.6) is 0 Å². The number of nitrogens with one attached hydrogen (secondary N) is 1. The number of aldehydes is 1. The van der Waals surface area contributed by atoms with Crippen LogP contribution in [-0.4, -0.2) is 29.8 Å². The highest BCUT2D eigenvalue weighted by Crippen LogP contribution is 2.10. The van der Waals surface area contributed by atoms with Gasteiger partial charge in [0.05, 0.1) is 12.7 Å². The third kappa shape index (κ3) is 2.86. The molecule has 1 atom stereocenters. The molecule has 11 heavy (non-hydrogen) atoms. The van der Waals surface area contributed by atoms with Gasteiger partial charge in [-0.1, -0.05) is 0 Å². The summed E-state index contributed by atoms with van der Waals surface area (Å²) in [6.45, 7) is 1.24. The van der Waals surface area contributed by atoms with Gasteiger partial charge in [0.15, 0.2) is 0 Å². The Morgan fingerprint density at radius 2 is 2.55 bits per heavy atom. The summed E-state index contributed by atoms with van der Waals surface area (Å²) in [5.74, 6) is 0. The molecule has 0 radical (unpaired) electrons. The largest absolute Gasteiger partial charge is 0.344 e. The Bertz CT molecular complexity index is 168. The Hall–Kier alpha value is -0.610. The minimum atomic E-state index is -0.0964. The number of nitriles is 1. The first kappa shape index (κ1) is 10.4. The van der Waals surface area contributed by atoms with Crippen LogP contribution < -0.4 is 11.5 Å². The van der Waals surface area contributed by atoms with E-state index in [9.17, 15) is 4.79 Å². The number of hydrogen-bond acceptors (Lipinski definition) is 6. The van der Waals surface area contributed by atoms with Crippen LogP contribution in [-0.2, 0) is 4.79 Å². The Morgan fingerprint density at radius 3 is 3.00 bits per heavy atom. The Morgan fingerprint density at radius 1 is 1.82 bits per heavy atom. The Kier molecular flexibility index (Phi) is 4.81. The first-order valence-electron chi connectivity index (χ1n) is 2.86. The van der Waals surface area contributed by atoms with Gasteiger partial charge in [-0.2, -0.15) is 5.26 Å². The van der Waals surface area contributed by atoms with E-state index < -0.39 is 0 Å². The monoisotopic (exact) mass is 174 g/mol. The van der Waals surface area contributed by atoms with Gasteiger partial charge >= 0.3 is 0 Å². The zero-order valence-electron chi connectivity index (χ0n) is 5.99. The summed E-state index contributed by atoms with van der Waals surface area (Å²) in [6.07, 6.45) is 0.859. The first-order valence-corrected chi connectivity index (χ1v) is 3.64. The van der Waals surface area contributed by atoms with Crippen molar-refractivity contribution >= 4 is 18.2 Å². The first-order chi connectivity index (χ1) is 4.86. The molecule has 0 spiro atoms. The summed E-state index contributed by atoms with van der Waals surface area (Å²) in [5, 5.41) is 13.1.